The third-order valence-corrected chi connectivity index (χ3v) is 4.76. The Morgan fingerprint density at radius 2 is 2.00 bits per heavy atom. The van der Waals surface area contributed by atoms with Gasteiger partial charge in [0.15, 0.2) is 0 Å². The Kier molecular flexibility index (Phi) is 6.20. The predicted molar refractivity (Wildman–Crippen MR) is 67.1 cm³/mol. The van der Waals surface area contributed by atoms with Gasteiger partial charge in [-0.15, -0.1) is 0 Å². The molecule has 0 heterocycles. The van der Waals surface area contributed by atoms with Crippen LogP contribution in [-0.4, -0.2) is 27.5 Å². The van der Waals surface area contributed by atoms with Crippen LogP contribution in [0.3, 0.4) is 0 Å². The molecule has 1 rings (SSSR count). The van der Waals surface area contributed by atoms with Crippen LogP contribution in [0.15, 0.2) is 30.3 Å². The number of carbonyl (C=O) groups is 1. The van der Waals surface area contributed by atoms with Crippen LogP contribution < -0.4 is 4.46 Å². The summed E-state index contributed by atoms with van der Waals surface area (Å²) in [4.78, 5) is 11.8. The van der Waals surface area contributed by atoms with E-state index < -0.39 is 0 Å². The van der Waals surface area contributed by atoms with Gasteiger partial charge in [0.2, 0.25) is 0 Å². The average molecular weight is 285 g/mol. The van der Waals surface area contributed by atoms with E-state index in [-0.39, 0.29) is 25.7 Å². The van der Waals surface area contributed by atoms with Crippen molar-refractivity contribution in [2.24, 2.45) is 0 Å². The third kappa shape index (κ3) is 4.38. The van der Waals surface area contributed by atoms with E-state index in [2.05, 4.69) is 19.1 Å². The van der Waals surface area contributed by atoms with Crippen molar-refractivity contribution in [1.82, 2.24) is 0 Å². The summed E-state index contributed by atoms with van der Waals surface area (Å²) in [7, 11) is 0. The molecule has 88 valence electrons. The molecule has 0 aromatic heterocycles. The second-order valence-corrected chi connectivity index (χ2v) is 6.14. The van der Waals surface area contributed by atoms with Crippen molar-refractivity contribution in [3.63, 3.8) is 0 Å². The molecule has 0 spiro atoms. The van der Waals surface area contributed by atoms with E-state index >= 15 is 0 Å². The summed E-state index contributed by atoms with van der Waals surface area (Å²) in [6.07, 6.45) is 1.95. The topological polar surface area (TPSA) is 26.3 Å². The average Bonchev–Trinajstić information content (AvgIpc) is 2.30. The maximum atomic E-state index is 11.7. The molecule has 0 radical (unpaired) electrons. The van der Waals surface area contributed by atoms with Crippen LogP contribution in [0.4, 0.5) is 0 Å². The molecule has 0 fully saturated rings. The Hall–Kier alpha value is -0.791. The van der Waals surface area contributed by atoms with E-state index in [1.807, 2.05) is 25.1 Å². The molecule has 0 aliphatic carbocycles. The first-order chi connectivity index (χ1) is 7.77. The van der Waals surface area contributed by atoms with E-state index in [1.54, 1.807) is 0 Å². The molecule has 1 aromatic carbocycles. The van der Waals surface area contributed by atoms with Gasteiger partial charge in [-0.05, 0) is 0 Å². The molecule has 0 aliphatic heterocycles. The molecule has 1 aromatic rings. The van der Waals surface area contributed by atoms with E-state index in [9.17, 15) is 4.79 Å². The molecule has 1 atom stereocenters. The molecule has 1 unspecified atom stereocenters. The number of carbonyl (C=O) groups excluding carboxylic acids is 1. The van der Waals surface area contributed by atoms with Crippen LogP contribution in [0.2, 0.25) is 4.82 Å². The standard InChI is InChI=1S/C13H18O2Se/c1-3-8-12(13(14)15-4-2)16-11-9-6-5-7-10-11/h5-7,9-10,12H,3-4,8H2,1-2H3. The molecule has 0 saturated carbocycles. The number of esters is 1. The Bertz CT molecular complexity index is 311. The van der Waals surface area contributed by atoms with Gasteiger partial charge in [-0.25, -0.2) is 0 Å². The monoisotopic (exact) mass is 286 g/mol. The van der Waals surface area contributed by atoms with Crippen molar-refractivity contribution in [2.75, 3.05) is 6.61 Å². The fraction of sp³-hybridized carbons (Fsp3) is 0.462. The number of rotatable bonds is 6. The zero-order chi connectivity index (χ0) is 11.8. The summed E-state index contributed by atoms with van der Waals surface area (Å²) < 4.78 is 6.37. The van der Waals surface area contributed by atoms with Crippen LogP contribution >= 0.6 is 0 Å². The summed E-state index contributed by atoms with van der Waals surface area (Å²) >= 11 is 0.184. The molecular weight excluding hydrogens is 267 g/mol. The van der Waals surface area contributed by atoms with Gasteiger partial charge in [0.1, 0.15) is 0 Å². The van der Waals surface area contributed by atoms with Gasteiger partial charge in [0.25, 0.3) is 0 Å². The first-order valence-electron chi connectivity index (χ1n) is 5.66. The number of hydrogen-bond donors (Lipinski definition) is 0. The second-order valence-electron chi connectivity index (χ2n) is 3.46. The van der Waals surface area contributed by atoms with Gasteiger partial charge < -0.3 is 0 Å². The van der Waals surface area contributed by atoms with Gasteiger partial charge in [-0.3, -0.25) is 0 Å². The van der Waals surface area contributed by atoms with Crippen molar-refractivity contribution in [2.45, 2.75) is 31.5 Å². The van der Waals surface area contributed by atoms with E-state index in [4.69, 9.17) is 4.74 Å². The van der Waals surface area contributed by atoms with Gasteiger partial charge in [-0.2, -0.15) is 0 Å². The molecular formula is C13H18O2Se. The quantitative estimate of drug-likeness (QED) is 0.591. The number of ether oxygens (including phenoxy) is 1. The SMILES string of the molecule is CCCC([Se]c1ccccc1)C(=O)OCC. The Morgan fingerprint density at radius 1 is 1.31 bits per heavy atom. The molecule has 3 heteroatoms. The zero-order valence-electron chi connectivity index (χ0n) is 9.81. The molecule has 0 bridgehead atoms. The van der Waals surface area contributed by atoms with E-state index in [0.29, 0.717) is 6.61 Å². The Labute approximate surface area is 104 Å². The van der Waals surface area contributed by atoms with Gasteiger partial charge in [0.05, 0.1) is 0 Å². The summed E-state index contributed by atoms with van der Waals surface area (Å²) in [6.45, 7) is 4.44. The fourth-order valence-electron chi connectivity index (χ4n) is 1.39. The maximum absolute atomic E-state index is 11.7. The van der Waals surface area contributed by atoms with E-state index in [1.165, 1.54) is 4.46 Å². The van der Waals surface area contributed by atoms with E-state index in [0.717, 1.165) is 12.8 Å². The van der Waals surface area contributed by atoms with Crippen LogP contribution in [0.25, 0.3) is 0 Å². The Morgan fingerprint density at radius 3 is 2.56 bits per heavy atom. The first kappa shape index (κ1) is 13.3. The van der Waals surface area contributed by atoms with Crippen molar-refractivity contribution in [1.29, 1.82) is 0 Å². The minimum atomic E-state index is -0.0341. The first-order valence-corrected chi connectivity index (χ1v) is 7.50. The fourth-order valence-corrected chi connectivity index (χ4v) is 3.82. The minimum absolute atomic E-state index is 0.0341. The summed E-state index contributed by atoms with van der Waals surface area (Å²) in [6, 6.07) is 10.2. The predicted octanol–water partition coefficient (Wildman–Crippen LogP) is 2.17. The summed E-state index contributed by atoms with van der Waals surface area (Å²) in [5.74, 6) is -0.0341. The Balaban J connectivity index is 2.60. The van der Waals surface area contributed by atoms with Crippen LogP contribution in [0.1, 0.15) is 26.7 Å². The molecule has 0 amide bonds. The molecule has 0 saturated heterocycles. The summed E-state index contributed by atoms with van der Waals surface area (Å²) in [5.41, 5.74) is 0. The van der Waals surface area contributed by atoms with Crippen molar-refractivity contribution >= 4 is 25.4 Å². The molecule has 0 aliphatic rings. The molecule has 0 N–H and O–H groups in total. The number of benzene rings is 1. The molecule has 16 heavy (non-hydrogen) atoms. The zero-order valence-corrected chi connectivity index (χ0v) is 11.5. The van der Waals surface area contributed by atoms with Crippen LogP contribution in [-0.2, 0) is 9.53 Å². The summed E-state index contributed by atoms with van der Waals surface area (Å²) in [5, 5.41) is 0. The van der Waals surface area contributed by atoms with Crippen molar-refractivity contribution < 1.29 is 9.53 Å². The van der Waals surface area contributed by atoms with Crippen molar-refractivity contribution in [3.8, 4) is 0 Å². The van der Waals surface area contributed by atoms with Crippen LogP contribution in [0, 0.1) is 0 Å². The number of hydrogen-bond acceptors (Lipinski definition) is 2. The van der Waals surface area contributed by atoms with Gasteiger partial charge >= 0.3 is 103 Å². The third-order valence-electron chi connectivity index (χ3n) is 2.12. The van der Waals surface area contributed by atoms with Gasteiger partial charge in [0, 0.05) is 0 Å². The second kappa shape index (κ2) is 7.48. The van der Waals surface area contributed by atoms with Crippen LogP contribution in [0.5, 0.6) is 0 Å². The van der Waals surface area contributed by atoms with Gasteiger partial charge in [-0.1, -0.05) is 0 Å². The van der Waals surface area contributed by atoms with Crippen molar-refractivity contribution in [3.05, 3.63) is 30.3 Å². The molecule has 2 nitrogen and oxygen atoms in total. The normalized spacial score (nSPS) is 12.1.